The maximum absolute atomic E-state index is 11.9. The van der Waals surface area contributed by atoms with Crippen LogP contribution in [0, 0.1) is 25.7 Å². The molecular weight excluding hydrogens is 218 g/mol. The Morgan fingerprint density at radius 1 is 1.53 bits per heavy atom. The molecule has 0 bridgehead atoms. The van der Waals surface area contributed by atoms with Gasteiger partial charge in [0, 0.05) is 18.3 Å². The monoisotopic (exact) mass is 235 g/mol. The standard InChI is InChI=1S/C13H17NO3/c1-7-4-10(7)6-14-9(3)12(13(16)17)8(2)5-11(14)15/h5,7,10H,4,6H2,1-3H3,(H,16,17). The number of pyridine rings is 1. The van der Waals surface area contributed by atoms with Crippen LogP contribution in [0.15, 0.2) is 10.9 Å². The zero-order chi connectivity index (χ0) is 12.7. The SMILES string of the molecule is Cc1cc(=O)n(CC2CC2C)c(C)c1C(=O)O. The third-order valence-corrected chi connectivity index (χ3v) is 3.67. The molecule has 2 unspecified atom stereocenters. The summed E-state index contributed by atoms with van der Waals surface area (Å²) in [7, 11) is 0. The van der Waals surface area contributed by atoms with E-state index in [-0.39, 0.29) is 11.1 Å². The van der Waals surface area contributed by atoms with Crippen molar-refractivity contribution in [3.63, 3.8) is 0 Å². The summed E-state index contributed by atoms with van der Waals surface area (Å²) in [6.45, 7) is 6.18. The molecule has 1 aromatic rings. The lowest BCUT2D eigenvalue weighted by atomic mass is 10.1. The fraction of sp³-hybridized carbons (Fsp3) is 0.538. The van der Waals surface area contributed by atoms with Crippen LogP contribution in [0.4, 0.5) is 0 Å². The maximum atomic E-state index is 11.9. The summed E-state index contributed by atoms with van der Waals surface area (Å²) in [5, 5.41) is 9.15. The predicted molar refractivity (Wildman–Crippen MR) is 64.4 cm³/mol. The molecular formula is C13H17NO3. The quantitative estimate of drug-likeness (QED) is 0.869. The molecule has 2 rings (SSSR count). The topological polar surface area (TPSA) is 59.3 Å². The van der Waals surface area contributed by atoms with Gasteiger partial charge < -0.3 is 9.67 Å². The van der Waals surface area contributed by atoms with E-state index in [0.717, 1.165) is 6.42 Å². The molecule has 0 aliphatic heterocycles. The molecule has 92 valence electrons. The van der Waals surface area contributed by atoms with Crippen molar-refractivity contribution in [1.29, 1.82) is 0 Å². The smallest absolute Gasteiger partial charge is 0.337 e. The first-order valence-corrected chi connectivity index (χ1v) is 5.86. The highest BCUT2D eigenvalue weighted by molar-refractivity contribution is 5.90. The minimum absolute atomic E-state index is 0.0934. The minimum Gasteiger partial charge on any atom is -0.478 e. The maximum Gasteiger partial charge on any atom is 0.337 e. The zero-order valence-electron chi connectivity index (χ0n) is 10.4. The Morgan fingerprint density at radius 2 is 2.12 bits per heavy atom. The molecule has 4 heteroatoms. The van der Waals surface area contributed by atoms with Crippen LogP contribution in [-0.2, 0) is 6.54 Å². The van der Waals surface area contributed by atoms with Crippen molar-refractivity contribution in [2.75, 3.05) is 0 Å². The molecule has 2 atom stereocenters. The summed E-state index contributed by atoms with van der Waals surface area (Å²) in [5.41, 5.74) is 1.28. The lowest BCUT2D eigenvalue weighted by molar-refractivity contribution is 0.0694. The van der Waals surface area contributed by atoms with Crippen molar-refractivity contribution in [2.45, 2.75) is 33.7 Å². The van der Waals surface area contributed by atoms with Crippen LogP contribution in [0.3, 0.4) is 0 Å². The highest BCUT2D eigenvalue weighted by Gasteiger charge is 2.33. The number of hydrogen-bond acceptors (Lipinski definition) is 2. The summed E-state index contributed by atoms with van der Waals surface area (Å²) in [6.07, 6.45) is 1.13. The van der Waals surface area contributed by atoms with Gasteiger partial charge in [-0.05, 0) is 37.7 Å². The van der Waals surface area contributed by atoms with E-state index < -0.39 is 5.97 Å². The summed E-state index contributed by atoms with van der Waals surface area (Å²) in [5.74, 6) is 0.212. The van der Waals surface area contributed by atoms with Crippen LogP contribution in [0.5, 0.6) is 0 Å². The van der Waals surface area contributed by atoms with Crippen LogP contribution in [0.25, 0.3) is 0 Å². The van der Waals surface area contributed by atoms with Crippen molar-refractivity contribution < 1.29 is 9.90 Å². The van der Waals surface area contributed by atoms with Crippen LogP contribution in [0.2, 0.25) is 0 Å². The molecule has 1 aromatic heterocycles. The Kier molecular flexibility index (Phi) is 2.81. The van der Waals surface area contributed by atoms with Gasteiger partial charge in [0.2, 0.25) is 0 Å². The third kappa shape index (κ3) is 2.12. The first kappa shape index (κ1) is 11.9. The van der Waals surface area contributed by atoms with Crippen LogP contribution in [-0.4, -0.2) is 15.6 Å². The fourth-order valence-electron chi connectivity index (χ4n) is 2.36. The highest BCUT2D eigenvalue weighted by Crippen LogP contribution is 2.38. The number of aromatic nitrogens is 1. The fourth-order valence-corrected chi connectivity index (χ4v) is 2.36. The van der Waals surface area contributed by atoms with Gasteiger partial charge in [0.25, 0.3) is 5.56 Å². The van der Waals surface area contributed by atoms with Gasteiger partial charge >= 0.3 is 5.97 Å². The Labute approximate surface area is 99.9 Å². The molecule has 0 radical (unpaired) electrons. The first-order chi connectivity index (χ1) is 7.91. The minimum atomic E-state index is -0.961. The van der Waals surface area contributed by atoms with Gasteiger partial charge in [0.15, 0.2) is 0 Å². The second kappa shape index (κ2) is 4.02. The molecule has 0 saturated heterocycles. The van der Waals surface area contributed by atoms with Crippen LogP contribution < -0.4 is 5.56 Å². The van der Waals surface area contributed by atoms with Gasteiger partial charge in [-0.2, -0.15) is 0 Å². The van der Waals surface area contributed by atoms with E-state index in [2.05, 4.69) is 6.92 Å². The average molecular weight is 235 g/mol. The lowest BCUT2D eigenvalue weighted by Gasteiger charge is -2.13. The molecule has 0 spiro atoms. The second-order valence-corrected chi connectivity index (χ2v) is 5.01. The van der Waals surface area contributed by atoms with Gasteiger partial charge in [-0.25, -0.2) is 4.79 Å². The van der Waals surface area contributed by atoms with Crippen molar-refractivity contribution >= 4 is 5.97 Å². The van der Waals surface area contributed by atoms with Crippen molar-refractivity contribution in [2.24, 2.45) is 11.8 Å². The highest BCUT2D eigenvalue weighted by atomic mass is 16.4. The molecule has 1 heterocycles. The predicted octanol–water partition coefficient (Wildman–Crippen LogP) is 1.82. The van der Waals surface area contributed by atoms with Gasteiger partial charge in [-0.1, -0.05) is 6.92 Å². The van der Waals surface area contributed by atoms with E-state index >= 15 is 0 Å². The van der Waals surface area contributed by atoms with Gasteiger partial charge in [0.05, 0.1) is 5.56 Å². The zero-order valence-corrected chi connectivity index (χ0v) is 10.4. The summed E-state index contributed by atoms with van der Waals surface area (Å²) < 4.78 is 1.60. The van der Waals surface area contributed by atoms with Gasteiger partial charge in [0.1, 0.15) is 0 Å². The first-order valence-electron chi connectivity index (χ1n) is 5.86. The number of nitrogens with zero attached hydrogens (tertiary/aromatic N) is 1. The van der Waals surface area contributed by atoms with E-state index in [1.54, 1.807) is 18.4 Å². The molecule has 4 nitrogen and oxygen atoms in total. The average Bonchev–Trinajstić information content (AvgIpc) is 2.88. The number of hydrogen-bond donors (Lipinski definition) is 1. The normalized spacial score (nSPS) is 22.5. The lowest BCUT2D eigenvalue weighted by Crippen LogP contribution is -2.26. The number of aromatic carboxylic acids is 1. The van der Waals surface area contributed by atoms with E-state index in [1.807, 2.05) is 0 Å². The molecule has 17 heavy (non-hydrogen) atoms. The number of carboxylic acid groups (broad SMARTS) is 1. The molecule has 1 aliphatic carbocycles. The van der Waals surface area contributed by atoms with Crippen molar-refractivity contribution in [1.82, 2.24) is 4.57 Å². The van der Waals surface area contributed by atoms with Crippen LogP contribution >= 0.6 is 0 Å². The van der Waals surface area contributed by atoms with E-state index in [4.69, 9.17) is 5.11 Å². The molecule has 1 saturated carbocycles. The third-order valence-electron chi connectivity index (χ3n) is 3.67. The molecule has 1 fully saturated rings. The largest absolute Gasteiger partial charge is 0.478 e. The molecule has 0 amide bonds. The van der Waals surface area contributed by atoms with E-state index in [9.17, 15) is 9.59 Å². The molecule has 0 aromatic carbocycles. The van der Waals surface area contributed by atoms with Gasteiger partial charge in [-0.3, -0.25) is 4.79 Å². The van der Waals surface area contributed by atoms with E-state index in [0.29, 0.717) is 29.6 Å². The Morgan fingerprint density at radius 3 is 2.59 bits per heavy atom. The Bertz CT molecular complexity index is 530. The van der Waals surface area contributed by atoms with E-state index in [1.165, 1.54) is 6.07 Å². The van der Waals surface area contributed by atoms with Crippen molar-refractivity contribution in [3.05, 3.63) is 33.2 Å². The number of aryl methyl sites for hydroxylation is 1. The van der Waals surface area contributed by atoms with Gasteiger partial charge in [-0.15, -0.1) is 0 Å². The number of carboxylic acids is 1. The Hall–Kier alpha value is -1.58. The number of rotatable bonds is 3. The molecule has 1 N–H and O–H groups in total. The Balaban J connectivity index is 2.47. The second-order valence-electron chi connectivity index (χ2n) is 5.01. The summed E-state index contributed by atoms with van der Waals surface area (Å²) in [6, 6.07) is 1.42. The summed E-state index contributed by atoms with van der Waals surface area (Å²) >= 11 is 0. The number of carbonyl (C=O) groups is 1. The van der Waals surface area contributed by atoms with Crippen LogP contribution in [0.1, 0.15) is 35.0 Å². The summed E-state index contributed by atoms with van der Waals surface area (Å²) in [4.78, 5) is 23.0. The molecule has 1 aliphatic rings. The van der Waals surface area contributed by atoms with Crippen molar-refractivity contribution in [3.8, 4) is 0 Å².